The highest BCUT2D eigenvalue weighted by molar-refractivity contribution is 6.21. The Balaban J connectivity index is 1.71. The molecule has 0 saturated carbocycles. The second kappa shape index (κ2) is 6.52. The third-order valence-electron chi connectivity index (χ3n) is 4.96. The van der Waals surface area contributed by atoms with Gasteiger partial charge in [-0.1, -0.05) is 42.5 Å². The molecule has 2 heterocycles. The Labute approximate surface area is 165 Å². The van der Waals surface area contributed by atoms with E-state index >= 15 is 0 Å². The lowest BCUT2D eigenvalue weighted by Crippen LogP contribution is -2.26. The normalized spacial score (nSPS) is 13.9. The zero-order chi connectivity index (χ0) is 20.0. The van der Waals surface area contributed by atoms with Crippen LogP contribution in [-0.4, -0.2) is 32.0 Å². The fourth-order valence-electron chi connectivity index (χ4n) is 3.65. The van der Waals surface area contributed by atoms with Crippen molar-refractivity contribution in [2.75, 3.05) is 10.2 Å². The molecule has 8 heteroatoms. The van der Waals surface area contributed by atoms with Crippen LogP contribution >= 0.6 is 0 Å². The average molecular weight is 384 g/mol. The maximum Gasteiger partial charge on any atom is 0.241 e. The SMILES string of the molecule is Cn1nnnc1-c1cccc(N2C(=O)CC(=O)Nc3c2ccc2ccccc32)c1. The fourth-order valence-corrected chi connectivity index (χ4v) is 3.65. The van der Waals surface area contributed by atoms with Gasteiger partial charge in [-0.25, -0.2) is 4.68 Å². The lowest BCUT2D eigenvalue weighted by Gasteiger charge is -2.23. The molecule has 3 aromatic carbocycles. The van der Waals surface area contributed by atoms with Crippen LogP contribution in [0, 0.1) is 0 Å². The first kappa shape index (κ1) is 17.1. The molecule has 0 radical (unpaired) electrons. The van der Waals surface area contributed by atoms with Crippen molar-refractivity contribution in [2.45, 2.75) is 6.42 Å². The van der Waals surface area contributed by atoms with Crippen LogP contribution in [0.25, 0.3) is 22.2 Å². The van der Waals surface area contributed by atoms with E-state index < -0.39 is 0 Å². The number of benzene rings is 3. The van der Waals surface area contributed by atoms with Gasteiger partial charge < -0.3 is 5.32 Å². The summed E-state index contributed by atoms with van der Waals surface area (Å²) in [5.74, 6) is -0.0458. The van der Waals surface area contributed by atoms with E-state index in [0.29, 0.717) is 22.9 Å². The largest absolute Gasteiger partial charge is 0.323 e. The Morgan fingerprint density at radius 1 is 1.00 bits per heavy atom. The van der Waals surface area contributed by atoms with Crippen molar-refractivity contribution in [3.63, 3.8) is 0 Å². The van der Waals surface area contributed by atoms with Crippen molar-refractivity contribution in [3.05, 3.63) is 60.7 Å². The quantitative estimate of drug-likeness (QED) is 0.536. The number of aromatic nitrogens is 4. The summed E-state index contributed by atoms with van der Waals surface area (Å²) >= 11 is 0. The standard InChI is InChI=1S/C21H16N6O2/c1-26-21(23-24-25-26)14-6-4-7-15(11-14)27-17-10-9-13-5-2-3-8-16(13)20(17)22-18(28)12-19(27)29/h2-11H,12H2,1H3,(H,22,28). The molecular formula is C21H16N6O2. The number of rotatable bonds is 2. The minimum atomic E-state index is -0.330. The minimum absolute atomic E-state index is 0.237. The lowest BCUT2D eigenvalue weighted by molar-refractivity contribution is -0.124. The van der Waals surface area contributed by atoms with Crippen molar-refractivity contribution in [2.24, 2.45) is 7.05 Å². The molecule has 29 heavy (non-hydrogen) atoms. The molecule has 0 atom stereocenters. The van der Waals surface area contributed by atoms with Crippen molar-refractivity contribution in [1.29, 1.82) is 0 Å². The van der Waals surface area contributed by atoms with Crippen LogP contribution in [-0.2, 0) is 16.6 Å². The Morgan fingerprint density at radius 3 is 2.69 bits per heavy atom. The van der Waals surface area contributed by atoms with E-state index in [-0.39, 0.29) is 18.2 Å². The number of hydrogen-bond acceptors (Lipinski definition) is 5. The Kier molecular flexibility index (Phi) is 3.83. The Bertz CT molecular complexity index is 1280. The zero-order valence-electron chi connectivity index (χ0n) is 15.5. The number of fused-ring (bicyclic) bond motifs is 3. The van der Waals surface area contributed by atoms with Crippen LogP contribution in [0.2, 0.25) is 0 Å². The summed E-state index contributed by atoms with van der Waals surface area (Å²) in [5.41, 5.74) is 2.68. The van der Waals surface area contributed by atoms with E-state index in [9.17, 15) is 9.59 Å². The van der Waals surface area contributed by atoms with Crippen molar-refractivity contribution >= 4 is 39.6 Å². The zero-order valence-corrected chi connectivity index (χ0v) is 15.5. The molecule has 8 nitrogen and oxygen atoms in total. The molecule has 1 N–H and O–H groups in total. The molecule has 5 rings (SSSR count). The number of tetrazole rings is 1. The summed E-state index contributed by atoms with van der Waals surface area (Å²) in [4.78, 5) is 27.0. The molecule has 0 bridgehead atoms. The predicted molar refractivity (Wildman–Crippen MR) is 109 cm³/mol. The number of nitrogens with one attached hydrogen (secondary N) is 1. The van der Waals surface area contributed by atoms with Crippen molar-refractivity contribution in [1.82, 2.24) is 20.2 Å². The molecule has 142 valence electrons. The molecule has 1 aliphatic heterocycles. The van der Waals surface area contributed by atoms with E-state index in [1.165, 1.54) is 0 Å². The van der Waals surface area contributed by atoms with Gasteiger partial charge in [0, 0.05) is 23.7 Å². The van der Waals surface area contributed by atoms with Crippen LogP contribution in [0.5, 0.6) is 0 Å². The first-order valence-electron chi connectivity index (χ1n) is 9.09. The van der Waals surface area contributed by atoms with E-state index in [1.807, 2.05) is 60.7 Å². The molecule has 1 aromatic heterocycles. The number of amides is 2. The summed E-state index contributed by atoms with van der Waals surface area (Å²) in [7, 11) is 1.75. The van der Waals surface area contributed by atoms with Gasteiger partial charge in [0.15, 0.2) is 5.82 Å². The van der Waals surface area contributed by atoms with Gasteiger partial charge in [0.05, 0.1) is 11.4 Å². The smallest absolute Gasteiger partial charge is 0.241 e. The van der Waals surface area contributed by atoms with Gasteiger partial charge in [-0.15, -0.1) is 5.10 Å². The second-order valence-corrected chi connectivity index (χ2v) is 6.81. The van der Waals surface area contributed by atoms with E-state index in [1.54, 1.807) is 16.6 Å². The summed E-state index contributed by atoms with van der Waals surface area (Å²) in [6, 6.07) is 19.0. The van der Waals surface area contributed by atoms with E-state index in [2.05, 4.69) is 20.8 Å². The first-order chi connectivity index (χ1) is 14.1. The molecular weight excluding hydrogens is 368 g/mol. The highest BCUT2D eigenvalue weighted by Gasteiger charge is 2.29. The van der Waals surface area contributed by atoms with Crippen LogP contribution in [0.3, 0.4) is 0 Å². The Morgan fingerprint density at radius 2 is 1.86 bits per heavy atom. The molecule has 4 aromatic rings. The summed E-state index contributed by atoms with van der Waals surface area (Å²) in [5, 5.41) is 16.4. The fraction of sp³-hybridized carbons (Fsp3) is 0.0952. The molecule has 0 spiro atoms. The minimum Gasteiger partial charge on any atom is -0.323 e. The molecule has 2 amide bonds. The van der Waals surface area contributed by atoms with Gasteiger partial charge in [-0.3, -0.25) is 14.5 Å². The van der Waals surface area contributed by atoms with E-state index in [0.717, 1.165) is 16.3 Å². The molecule has 0 saturated heterocycles. The maximum atomic E-state index is 13.0. The Hall–Kier alpha value is -4.07. The number of carbonyl (C=O) groups is 2. The third-order valence-corrected chi connectivity index (χ3v) is 4.96. The van der Waals surface area contributed by atoms with Gasteiger partial charge in [-0.05, 0) is 34.0 Å². The molecule has 0 fully saturated rings. The van der Waals surface area contributed by atoms with Gasteiger partial charge in [0.2, 0.25) is 11.8 Å². The summed E-state index contributed by atoms with van der Waals surface area (Å²) < 4.78 is 1.57. The van der Waals surface area contributed by atoms with Crippen LogP contribution in [0.15, 0.2) is 60.7 Å². The molecule has 0 unspecified atom stereocenters. The third kappa shape index (κ3) is 2.82. The number of anilines is 3. The molecule has 0 aliphatic carbocycles. The second-order valence-electron chi connectivity index (χ2n) is 6.81. The first-order valence-corrected chi connectivity index (χ1v) is 9.09. The number of hydrogen-bond donors (Lipinski definition) is 1. The van der Waals surface area contributed by atoms with Crippen LogP contribution in [0.4, 0.5) is 17.1 Å². The number of nitrogens with zero attached hydrogens (tertiary/aromatic N) is 5. The highest BCUT2D eigenvalue weighted by atomic mass is 16.2. The van der Waals surface area contributed by atoms with Gasteiger partial charge in [0.25, 0.3) is 0 Å². The highest BCUT2D eigenvalue weighted by Crippen LogP contribution is 2.40. The van der Waals surface area contributed by atoms with Gasteiger partial charge in [0.1, 0.15) is 6.42 Å². The maximum absolute atomic E-state index is 13.0. The van der Waals surface area contributed by atoms with Crippen molar-refractivity contribution < 1.29 is 9.59 Å². The van der Waals surface area contributed by atoms with Crippen LogP contribution in [0.1, 0.15) is 6.42 Å². The molecule has 1 aliphatic rings. The number of carbonyl (C=O) groups excluding carboxylic acids is 2. The van der Waals surface area contributed by atoms with Crippen molar-refractivity contribution in [3.8, 4) is 11.4 Å². The van der Waals surface area contributed by atoms with E-state index in [4.69, 9.17) is 0 Å². The topological polar surface area (TPSA) is 93.0 Å². The average Bonchev–Trinajstić information content (AvgIpc) is 3.10. The number of aryl methyl sites for hydroxylation is 1. The van der Waals surface area contributed by atoms with Crippen LogP contribution < -0.4 is 10.2 Å². The van der Waals surface area contributed by atoms with Gasteiger partial charge in [-0.2, -0.15) is 0 Å². The lowest BCUT2D eigenvalue weighted by atomic mass is 10.1. The summed E-state index contributed by atoms with van der Waals surface area (Å²) in [6.45, 7) is 0. The monoisotopic (exact) mass is 384 g/mol. The predicted octanol–water partition coefficient (Wildman–Crippen LogP) is 3.04. The van der Waals surface area contributed by atoms with Gasteiger partial charge >= 0.3 is 0 Å². The summed E-state index contributed by atoms with van der Waals surface area (Å²) in [6.07, 6.45) is -0.237.